The topological polar surface area (TPSA) is 118 Å². The lowest BCUT2D eigenvalue weighted by molar-refractivity contribution is -0.137. The first kappa shape index (κ1) is 22.5. The molecule has 0 aliphatic heterocycles. The van der Waals surface area contributed by atoms with Crippen LogP contribution in [0.1, 0.15) is 46.0 Å². The van der Waals surface area contributed by atoms with E-state index in [1.807, 2.05) is 24.3 Å². The van der Waals surface area contributed by atoms with Crippen molar-refractivity contribution in [3.05, 3.63) is 70.7 Å². The number of unbranched alkanes of at least 4 members (excludes halogenated alkanes) is 1. The van der Waals surface area contributed by atoms with Gasteiger partial charge in [0.2, 0.25) is 0 Å². The third-order valence-corrected chi connectivity index (χ3v) is 6.30. The van der Waals surface area contributed by atoms with Crippen LogP contribution < -0.4 is 10.6 Å². The summed E-state index contributed by atoms with van der Waals surface area (Å²) in [6.45, 7) is 0.564. The maximum Gasteiger partial charge on any atom is 0.413 e. The number of benzene rings is 2. The van der Waals surface area contributed by atoms with Crippen LogP contribution in [0.15, 0.2) is 54.7 Å². The maximum atomic E-state index is 12.4. The first-order valence-electron chi connectivity index (χ1n) is 10.6. The fourth-order valence-electron chi connectivity index (χ4n) is 3.85. The minimum Gasteiger partial charge on any atom is -0.481 e. The quantitative estimate of drug-likeness (QED) is 0.401. The van der Waals surface area contributed by atoms with Gasteiger partial charge in [-0.15, -0.1) is 0 Å². The average molecular weight is 466 g/mol. The Morgan fingerprint density at radius 2 is 1.67 bits per heavy atom. The van der Waals surface area contributed by atoms with Crippen molar-refractivity contribution in [2.75, 3.05) is 18.5 Å². The van der Waals surface area contributed by atoms with Crippen LogP contribution in [0.3, 0.4) is 0 Å². The van der Waals surface area contributed by atoms with E-state index in [2.05, 4.69) is 39.9 Å². The number of anilines is 1. The minimum atomic E-state index is -0.854. The van der Waals surface area contributed by atoms with Crippen molar-refractivity contribution in [3.8, 4) is 11.1 Å². The SMILES string of the molecule is O=C(O)CCCCNC(=O)c1cnc(NC(=O)OCC2c3ccccc3-c3ccccc32)s1. The van der Waals surface area contributed by atoms with E-state index in [0.29, 0.717) is 24.3 Å². The van der Waals surface area contributed by atoms with Crippen LogP contribution in [-0.4, -0.2) is 41.2 Å². The van der Waals surface area contributed by atoms with Crippen molar-refractivity contribution in [2.45, 2.75) is 25.2 Å². The highest BCUT2D eigenvalue weighted by Crippen LogP contribution is 2.44. The highest BCUT2D eigenvalue weighted by Gasteiger charge is 2.29. The van der Waals surface area contributed by atoms with Crippen LogP contribution in [0.5, 0.6) is 0 Å². The first-order valence-corrected chi connectivity index (χ1v) is 11.4. The predicted octanol–water partition coefficient (Wildman–Crippen LogP) is 4.49. The zero-order valence-corrected chi connectivity index (χ0v) is 18.6. The van der Waals surface area contributed by atoms with Gasteiger partial charge in [0, 0.05) is 18.9 Å². The van der Waals surface area contributed by atoms with E-state index in [0.717, 1.165) is 33.6 Å². The number of fused-ring (bicyclic) bond motifs is 3. The number of aromatic nitrogens is 1. The fraction of sp³-hybridized carbons (Fsp3) is 0.250. The number of thiazole rings is 1. The molecular formula is C24H23N3O5S. The minimum absolute atomic E-state index is 0.0399. The van der Waals surface area contributed by atoms with Crippen molar-refractivity contribution < 1.29 is 24.2 Å². The molecule has 1 aromatic heterocycles. The molecule has 1 aliphatic carbocycles. The standard InChI is InChI=1S/C24H23N3O5S/c28-21(29)11-5-6-12-25-22(30)20-13-26-23(33-20)27-24(31)32-14-19-17-9-3-1-7-15(17)16-8-2-4-10-18(16)19/h1-4,7-10,13,19H,5-6,11-12,14H2,(H,25,30)(H,28,29)(H,26,27,31). The number of nitrogens with one attached hydrogen (secondary N) is 2. The first-order chi connectivity index (χ1) is 16.0. The van der Waals surface area contributed by atoms with Crippen molar-refractivity contribution >= 4 is 34.4 Å². The van der Waals surface area contributed by atoms with Crippen LogP contribution in [0.25, 0.3) is 11.1 Å². The Bertz CT molecular complexity index is 1130. The van der Waals surface area contributed by atoms with Gasteiger partial charge in [0.25, 0.3) is 5.91 Å². The molecule has 1 heterocycles. The van der Waals surface area contributed by atoms with Crippen LogP contribution in [-0.2, 0) is 9.53 Å². The lowest BCUT2D eigenvalue weighted by Crippen LogP contribution is -2.23. The molecular weight excluding hydrogens is 442 g/mol. The summed E-state index contributed by atoms with van der Waals surface area (Å²) in [5.74, 6) is -1.21. The van der Waals surface area contributed by atoms with Gasteiger partial charge in [-0.3, -0.25) is 14.9 Å². The Morgan fingerprint density at radius 1 is 1.00 bits per heavy atom. The lowest BCUT2D eigenvalue weighted by Gasteiger charge is -2.14. The second-order valence-corrected chi connectivity index (χ2v) is 8.62. The van der Waals surface area contributed by atoms with Crippen molar-refractivity contribution in [1.82, 2.24) is 10.3 Å². The van der Waals surface area contributed by atoms with Crippen LogP contribution in [0.4, 0.5) is 9.93 Å². The third kappa shape index (κ3) is 5.38. The van der Waals surface area contributed by atoms with Gasteiger partial charge in [-0.25, -0.2) is 9.78 Å². The summed E-state index contributed by atoms with van der Waals surface area (Å²) in [4.78, 5) is 39.4. The highest BCUT2D eigenvalue weighted by molar-refractivity contribution is 7.17. The number of aliphatic carboxylic acids is 1. The summed E-state index contributed by atoms with van der Waals surface area (Å²) < 4.78 is 5.49. The molecule has 0 bridgehead atoms. The summed E-state index contributed by atoms with van der Waals surface area (Å²) >= 11 is 1.04. The Balaban J connectivity index is 1.28. The molecule has 0 atom stereocenters. The Morgan fingerprint density at radius 3 is 2.33 bits per heavy atom. The maximum absolute atomic E-state index is 12.4. The molecule has 0 unspecified atom stereocenters. The van der Waals surface area contributed by atoms with Crippen LogP contribution >= 0.6 is 11.3 Å². The summed E-state index contributed by atoms with van der Waals surface area (Å²) in [6.07, 6.45) is 1.89. The van der Waals surface area contributed by atoms with Gasteiger partial charge < -0.3 is 15.2 Å². The van der Waals surface area contributed by atoms with Gasteiger partial charge in [-0.2, -0.15) is 0 Å². The smallest absolute Gasteiger partial charge is 0.413 e. The molecule has 0 spiro atoms. The van der Waals surface area contributed by atoms with Gasteiger partial charge in [0.05, 0.1) is 6.20 Å². The largest absolute Gasteiger partial charge is 0.481 e. The normalized spacial score (nSPS) is 12.0. The Hall–Kier alpha value is -3.72. The molecule has 0 fully saturated rings. The van der Waals surface area contributed by atoms with Crippen molar-refractivity contribution in [2.24, 2.45) is 0 Å². The number of ether oxygens (including phenoxy) is 1. The second-order valence-electron chi connectivity index (χ2n) is 7.59. The van der Waals surface area contributed by atoms with Gasteiger partial charge in [-0.05, 0) is 35.1 Å². The van der Waals surface area contributed by atoms with E-state index in [4.69, 9.17) is 9.84 Å². The van der Waals surface area contributed by atoms with E-state index in [1.54, 1.807) is 0 Å². The number of rotatable bonds is 9. The molecule has 33 heavy (non-hydrogen) atoms. The monoisotopic (exact) mass is 465 g/mol. The Labute approximate surface area is 194 Å². The van der Waals surface area contributed by atoms with Crippen LogP contribution in [0.2, 0.25) is 0 Å². The summed E-state index contributed by atoms with van der Waals surface area (Å²) in [7, 11) is 0. The molecule has 4 rings (SSSR count). The number of carbonyl (C=O) groups is 3. The number of carboxylic acid groups (broad SMARTS) is 1. The molecule has 2 aromatic carbocycles. The molecule has 0 saturated carbocycles. The number of nitrogens with zero attached hydrogens (tertiary/aromatic N) is 1. The zero-order chi connectivity index (χ0) is 23.2. The van der Waals surface area contributed by atoms with Gasteiger partial charge in [0.1, 0.15) is 11.5 Å². The summed E-state index contributed by atoms with van der Waals surface area (Å²) in [6, 6.07) is 16.2. The molecule has 8 nitrogen and oxygen atoms in total. The number of hydrogen-bond acceptors (Lipinski definition) is 6. The molecule has 0 radical (unpaired) electrons. The molecule has 2 amide bonds. The molecule has 170 valence electrons. The van der Waals surface area contributed by atoms with E-state index < -0.39 is 12.1 Å². The van der Waals surface area contributed by atoms with Gasteiger partial charge >= 0.3 is 12.1 Å². The summed E-state index contributed by atoms with van der Waals surface area (Å²) in [5, 5.41) is 14.2. The number of hydrogen-bond donors (Lipinski definition) is 3. The molecule has 1 aliphatic rings. The van der Waals surface area contributed by atoms with E-state index >= 15 is 0 Å². The van der Waals surface area contributed by atoms with Crippen molar-refractivity contribution in [1.29, 1.82) is 0 Å². The zero-order valence-electron chi connectivity index (χ0n) is 17.7. The lowest BCUT2D eigenvalue weighted by atomic mass is 9.98. The summed E-state index contributed by atoms with van der Waals surface area (Å²) in [5.41, 5.74) is 4.56. The van der Waals surface area contributed by atoms with E-state index in [9.17, 15) is 14.4 Å². The number of carbonyl (C=O) groups excluding carboxylic acids is 2. The van der Waals surface area contributed by atoms with E-state index in [-0.39, 0.29) is 30.0 Å². The second kappa shape index (κ2) is 10.3. The van der Waals surface area contributed by atoms with Crippen molar-refractivity contribution in [3.63, 3.8) is 0 Å². The Kier molecular flexibility index (Phi) is 6.99. The molecule has 3 aromatic rings. The highest BCUT2D eigenvalue weighted by atomic mass is 32.1. The predicted molar refractivity (Wildman–Crippen MR) is 125 cm³/mol. The van der Waals surface area contributed by atoms with Crippen LogP contribution in [0, 0.1) is 0 Å². The fourth-order valence-corrected chi connectivity index (χ4v) is 4.57. The molecule has 9 heteroatoms. The molecule has 0 saturated heterocycles. The number of carboxylic acids is 1. The van der Waals surface area contributed by atoms with E-state index in [1.165, 1.54) is 6.20 Å². The van der Waals surface area contributed by atoms with Gasteiger partial charge in [-0.1, -0.05) is 59.9 Å². The van der Waals surface area contributed by atoms with Gasteiger partial charge in [0.15, 0.2) is 5.13 Å². The average Bonchev–Trinajstić information content (AvgIpc) is 3.40. The molecule has 3 N–H and O–H groups in total. The number of amides is 2. The third-order valence-electron chi connectivity index (χ3n) is 5.39.